The predicted molar refractivity (Wildman–Crippen MR) is 95.0 cm³/mol. The monoisotopic (exact) mass is 398 g/mol. The molecule has 24 heavy (non-hydrogen) atoms. The number of fused-ring (bicyclic) bond motifs is 1. The van der Waals surface area contributed by atoms with E-state index in [0.717, 1.165) is 29.6 Å². The zero-order valence-corrected chi connectivity index (χ0v) is 16.3. The molecular weight excluding hydrogens is 378 g/mol. The molecule has 0 saturated heterocycles. The first kappa shape index (κ1) is 17.3. The van der Waals surface area contributed by atoms with E-state index in [1.54, 1.807) is 7.05 Å². The first-order chi connectivity index (χ1) is 10.9. The summed E-state index contributed by atoms with van der Waals surface area (Å²) in [6.07, 6.45) is 2.04. The van der Waals surface area contributed by atoms with Crippen LogP contribution in [0, 0.1) is 0 Å². The maximum absolute atomic E-state index is 14.0. The second-order valence-corrected chi connectivity index (χ2v) is 8.01. The van der Waals surface area contributed by atoms with Gasteiger partial charge in [-0.3, -0.25) is 9.67 Å². The summed E-state index contributed by atoms with van der Waals surface area (Å²) in [7, 11) is 1.55. The van der Waals surface area contributed by atoms with Crippen molar-refractivity contribution in [1.29, 1.82) is 0 Å². The summed E-state index contributed by atoms with van der Waals surface area (Å²) >= 11 is 3.36. The van der Waals surface area contributed by atoms with Crippen molar-refractivity contribution in [3.63, 3.8) is 0 Å². The van der Waals surface area contributed by atoms with Crippen molar-refractivity contribution < 1.29 is 8.78 Å². The minimum absolute atomic E-state index is 0.124. The van der Waals surface area contributed by atoms with Gasteiger partial charge in [-0.1, -0.05) is 6.08 Å². The molecular formula is C17H21BrF2N4. The van der Waals surface area contributed by atoms with Gasteiger partial charge in [-0.05, 0) is 54.8 Å². The second kappa shape index (κ2) is 5.25. The number of aryl methyl sites for hydroxylation is 1. The van der Waals surface area contributed by atoms with Crippen molar-refractivity contribution in [1.82, 2.24) is 14.7 Å². The summed E-state index contributed by atoms with van der Waals surface area (Å²) in [5.41, 5.74) is 3.09. The highest BCUT2D eigenvalue weighted by Crippen LogP contribution is 2.42. The molecule has 0 aromatic carbocycles. The van der Waals surface area contributed by atoms with Crippen LogP contribution in [0.2, 0.25) is 0 Å². The van der Waals surface area contributed by atoms with E-state index >= 15 is 0 Å². The number of nitrogens with zero attached hydrogens (tertiary/aromatic N) is 4. The molecule has 7 heteroatoms. The van der Waals surface area contributed by atoms with Crippen LogP contribution < -0.4 is 0 Å². The zero-order chi connectivity index (χ0) is 18.0. The summed E-state index contributed by atoms with van der Waals surface area (Å²) in [6.45, 7) is 9.71. The summed E-state index contributed by atoms with van der Waals surface area (Å²) in [5.74, 6) is -2.09. The highest BCUT2D eigenvalue weighted by molar-refractivity contribution is 9.10. The van der Waals surface area contributed by atoms with Crippen molar-refractivity contribution in [3.05, 3.63) is 33.1 Å². The lowest BCUT2D eigenvalue weighted by atomic mass is 10.0. The highest BCUT2D eigenvalue weighted by Gasteiger charge is 2.40. The van der Waals surface area contributed by atoms with Gasteiger partial charge in [0.25, 0.3) is 5.92 Å². The van der Waals surface area contributed by atoms with Crippen LogP contribution in [0.15, 0.2) is 26.7 Å². The van der Waals surface area contributed by atoms with Gasteiger partial charge in [0.05, 0.1) is 15.7 Å². The lowest BCUT2D eigenvalue weighted by Crippen LogP contribution is -2.34. The molecule has 3 rings (SSSR count). The number of aromatic nitrogens is 2. The van der Waals surface area contributed by atoms with Crippen LogP contribution in [0.25, 0.3) is 5.70 Å². The standard InChI is InChI=1S/C17H21BrF2N4/c1-9-7-10(2)15-21-16(3,4)8-24(15)13(9)12-11(18)14(17(5,19)20)23(6)22-12/h7H,8H2,1-6H3. The van der Waals surface area contributed by atoms with E-state index in [9.17, 15) is 8.78 Å². The Balaban J connectivity index is 2.20. The molecule has 0 spiro atoms. The van der Waals surface area contributed by atoms with E-state index in [-0.39, 0.29) is 11.2 Å². The van der Waals surface area contributed by atoms with Gasteiger partial charge in [0.2, 0.25) is 0 Å². The molecule has 1 aromatic rings. The molecule has 130 valence electrons. The van der Waals surface area contributed by atoms with Gasteiger partial charge in [-0.25, -0.2) is 0 Å². The topological polar surface area (TPSA) is 33.4 Å². The molecule has 2 aliphatic heterocycles. The average Bonchev–Trinajstić information content (AvgIpc) is 2.86. The first-order valence-corrected chi connectivity index (χ1v) is 8.60. The summed E-state index contributed by atoms with van der Waals surface area (Å²) in [4.78, 5) is 6.88. The van der Waals surface area contributed by atoms with Crippen molar-refractivity contribution in [2.45, 2.75) is 46.1 Å². The highest BCUT2D eigenvalue weighted by atomic mass is 79.9. The van der Waals surface area contributed by atoms with Gasteiger partial charge in [0.15, 0.2) is 0 Å². The molecule has 0 unspecified atom stereocenters. The van der Waals surface area contributed by atoms with Crippen molar-refractivity contribution >= 4 is 27.5 Å². The molecule has 3 heterocycles. The second-order valence-electron chi connectivity index (χ2n) is 7.22. The Morgan fingerprint density at radius 2 is 1.92 bits per heavy atom. The molecule has 0 amide bonds. The van der Waals surface area contributed by atoms with Crippen LogP contribution >= 0.6 is 15.9 Å². The van der Waals surface area contributed by atoms with Crippen LogP contribution in [-0.4, -0.2) is 32.6 Å². The van der Waals surface area contributed by atoms with E-state index < -0.39 is 5.92 Å². The third-order valence-electron chi connectivity index (χ3n) is 4.27. The number of alkyl halides is 2. The molecule has 0 saturated carbocycles. The Kier molecular flexibility index (Phi) is 3.79. The van der Waals surface area contributed by atoms with Crippen molar-refractivity contribution in [2.24, 2.45) is 12.0 Å². The lowest BCUT2D eigenvalue weighted by molar-refractivity contribution is 0.00805. The van der Waals surface area contributed by atoms with Gasteiger partial charge in [-0.15, -0.1) is 0 Å². The SMILES string of the molecule is CC1=CC(C)=C(c2nn(C)c(C(C)(F)F)c2Br)N2CC(C)(C)N=C12. The van der Waals surface area contributed by atoms with Crippen LogP contribution in [0.1, 0.15) is 46.0 Å². The Morgan fingerprint density at radius 1 is 1.29 bits per heavy atom. The molecule has 1 aromatic heterocycles. The van der Waals surface area contributed by atoms with Gasteiger partial charge in [0.1, 0.15) is 17.2 Å². The van der Waals surface area contributed by atoms with Gasteiger partial charge < -0.3 is 4.90 Å². The summed E-state index contributed by atoms with van der Waals surface area (Å²) in [6, 6.07) is 0. The Morgan fingerprint density at radius 3 is 2.46 bits per heavy atom. The fourth-order valence-corrected chi connectivity index (χ4v) is 4.31. The lowest BCUT2D eigenvalue weighted by Gasteiger charge is -2.29. The number of hydrogen-bond donors (Lipinski definition) is 0. The van der Waals surface area contributed by atoms with Crippen molar-refractivity contribution in [2.75, 3.05) is 6.54 Å². The molecule has 0 radical (unpaired) electrons. The number of hydrogen-bond acceptors (Lipinski definition) is 3. The Bertz CT molecular complexity index is 809. The minimum atomic E-state index is -2.98. The number of halogens is 3. The Hall–Kier alpha value is -1.50. The molecule has 0 aliphatic carbocycles. The molecule has 0 N–H and O–H groups in total. The predicted octanol–water partition coefficient (Wildman–Crippen LogP) is 4.48. The molecule has 2 aliphatic rings. The maximum atomic E-state index is 14.0. The molecule has 0 fully saturated rings. The van der Waals surface area contributed by atoms with E-state index in [1.165, 1.54) is 4.68 Å². The molecule has 0 atom stereocenters. The first-order valence-electron chi connectivity index (χ1n) is 7.80. The van der Waals surface area contributed by atoms with Crippen molar-refractivity contribution in [3.8, 4) is 0 Å². The summed E-state index contributed by atoms with van der Waals surface area (Å²) < 4.78 is 29.5. The van der Waals surface area contributed by atoms with Crippen LogP contribution in [0.5, 0.6) is 0 Å². The summed E-state index contributed by atoms with van der Waals surface area (Å²) in [5, 5.41) is 4.39. The van der Waals surface area contributed by atoms with Gasteiger partial charge in [-0.2, -0.15) is 13.9 Å². The largest absolute Gasteiger partial charge is 0.322 e. The fourth-order valence-electron chi connectivity index (χ4n) is 3.44. The van der Waals surface area contributed by atoms with Gasteiger partial charge in [0, 0.05) is 20.5 Å². The molecule has 4 nitrogen and oxygen atoms in total. The minimum Gasteiger partial charge on any atom is -0.322 e. The number of allylic oxidation sites excluding steroid dienone is 2. The van der Waals surface area contributed by atoms with E-state index in [4.69, 9.17) is 4.99 Å². The molecule has 0 bridgehead atoms. The zero-order valence-electron chi connectivity index (χ0n) is 14.7. The Labute approximate surface area is 149 Å². The van der Waals surface area contributed by atoms with Crippen LogP contribution in [0.4, 0.5) is 8.78 Å². The quantitative estimate of drug-likeness (QED) is 0.735. The maximum Gasteiger partial charge on any atom is 0.287 e. The average molecular weight is 399 g/mol. The van der Waals surface area contributed by atoms with Crippen LogP contribution in [0.3, 0.4) is 0 Å². The van der Waals surface area contributed by atoms with E-state index in [2.05, 4.69) is 39.8 Å². The van der Waals surface area contributed by atoms with Crippen LogP contribution in [-0.2, 0) is 13.0 Å². The smallest absolute Gasteiger partial charge is 0.287 e. The van der Waals surface area contributed by atoms with Gasteiger partial charge >= 0.3 is 0 Å². The third kappa shape index (κ3) is 2.62. The van der Waals surface area contributed by atoms with E-state index in [0.29, 0.717) is 16.7 Å². The normalized spacial score (nSPS) is 20.3. The number of aliphatic imine (C=N–C) groups is 1. The van der Waals surface area contributed by atoms with E-state index in [1.807, 2.05) is 19.9 Å². The third-order valence-corrected chi connectivity index (χ3v) is 5.02. The number of rotatable bonds is 2. The number of amidine groups is 1. The fraction of sp³-hybridized carbons (Fsp3) is 0.529.